The summed E-state index contributed by atoms with van der Waals surface area (Å²) in [5.41, 5.74) is 2.22. The molecule has 0 atom stereocenters. The Balaban J connectivity index is 1.64. The van der Waals surface area contributed by atoms with Gasteiger partial charge in [-0.1, -0.05) is 60.7 Å². The predicted octanol–water partition coefficient (Wildman–Crippen LogP) is 2.95. The van der Waals surface area contributed by atoms with Crippen molar-refractivity contribution in [2.75, 3.05) is 6.54 Å². The standard InChI is InChI=1S/C22H22N2O5S2/c25-21(22(26)27)23-15-18-11-12-20(30-18)31(28,29)24-14-13-19(16-7-3-1-4-8-16)17-9-5-2-6-10-17/h1-12,19,24H,13-15H2,(H,23,25)(H,26,27). The summed E-state index contributed by atoms with van der Waals surface area (Å²) in [6.45, 7) is 0.204. The molecule has 2 aromatic carbocycles. The number of thiophene rings is 1. The number of hydrogen-bond donors (Lipinski definition) is 3. The monoisotopic (exact) mass is 458 g/mol. The van der Waals surface area contributed by atoms with Gasteiger partial charge in [-0.2, -0.15) is 0 Å². The fourth-order valence-corrected chi connectivity index (χ4v) is 5.53. The zero-order chi connectivity index (χ0) is 22.3. The molecule has 0 aliphatic heterocycles. The molecule has 0 saturated carbocycles. The quantitative estimate of drug-likeness (QED) is 0.427. The molecular formula is C22H22N2O5S2. The molecule has 0 aliphatic rings. The summed E-state index contributed by atoms with van der Waals surface area (Å²) in [6, 6.07) is 22.9. The third-order valence-electron chi connectivity index (χ3n) is 4.65. The smallest absolute Gasteiger partial charge is 0.394 e. The molecule has 0 radical (unpaired) electrons. The van der Waals surface area contributed by atoms with E-state index < -0.39 is 21.9 Å². The van der Waals surface area contributed by atoms with Crippen LogP contribution in [0.15, 0.2) is 77.0 Å². The van der Waals surface area contributed by atoms with E-state index in [2.05, 4.69) is 10.0 Å². The highest BCUT2D eigenvalue weighted by Crippen LogP contribution is 2.28. The van der Waals surface area contributed by atoms with E-state index in [4.69, 9.17) is 5.11 Å². The molecule has 9 heteroatoms. The number of benzene rings is 2. The van der Waals surface area contributed by atoms with E-state index in [1.807, 2.05) is 60.7 Å². The molecule has 0 spiro atoms. The van der Waals surface area contributed by atoms with E-state index in [1.54, 1.807) is 6.07 Å². The second-order valence-corrected chi connectivity index (χ2v) is 9.93. The van der Waals surface area contributed by atoms with Crippen molar-refractivity contribution in [2.45, 2.75) is 23.1 Å². The molecule has 31 heavy (non-hydrogen) atoms. The van der Waals surface area contributed by atoms with Crippen LogP contribution in [0.1, 0.15) is 28.3 Å². The molecule has 0 saturated heterocycles. The van der Waals surface area contributed by atoms with E-state index in [0.29, 0.717) is 11.3 Å². The van der Waals surface area contributed by atoms with Crippen LogP contribution in [0, 0.1) is 0 Å². The SMILES string of the molecule is O=C(O)C(=O)NCc1ccc(S(=O)(=O)NCCC(c2ccccc2)c2ccccc2)s1. The second kappa shape index (κ2) is 10.3. The molecule has 1 amide bonds. The van der Waals surface area contributed by atoms with Crippen LogP contribution in [-0.2, 0) is 26.2 Å². The molecular weight excluding hydrogens is 436 g/mol. The first-order valence-corrected chi connectivity index (χ1v) is 11.9. The first-order valence-electron chi connectivity index (χ1n) is 9.56. The van der Waals surface area contributed by atoms with Crippen molar-refractivity contribution in [3.63, 3.8) is 0 Å². The average Bonchev–Trinajstić information content (AvgIpc) is 3.26. The fourth-order valence-electron chi connectivity index (χ4n) is 3.15. The van der Waals surface area contributed by atoms with E-state index in [0.717, 1.165) is 22.5 Å². The Morgan fingerprint density at radius 3 is 2.03 bits per heavy atom. The van der Waals surface area contributed by atoms with Gasteiger partial charge in [-0.3, -0.25) is 4.79 Å². The Hall–Kier alpha value is -3.01. The Morgan fingerprint density at radius 2 is 1.48 bits per heavy atom. The molecule has 162 valence electrons. The summed E-state index contributed by atoms with van der Waals surface area (Å²) in [4.78, 5) is 22.2. The number of carbonyl (C=O) groups excluding carboxylic acids is 1. The van der Waals surface area contributed by atoms with Crippen molar-refractivity contribution in [1.82, 2.24) is 10.0 Å². The van der Waals surface area contributed by atoms with E-state index in [1.165, 1.54) is 6.07 Å². The third-order valence-corrected chi connectivity index (χ3v) is 7.69. The second-order valence-electron chi connectivity index (χ2n) is 6.77. The third kappa shape index (κ3) is 6.24. The maximum atomic E-state index is 12.7. The van der Waals surface area contributed by atoms with Gasteiger partial charge in [0.15, 0.2) is 0 Å². The number of carboxylic acid groups (broad SMARTS) is 1. The van der Waals surface area contributed by atoms with E-state index in [9.17, 15) is 18.0 Å². The molecule has 0 aliphatic carbocycles. The first kappa shape index (κ1) is 22.7. The van der Waals surface area contributed by atoms with Crippen LogP contribution in [0.5, 0.6) is 0 Å². The molecule has 1 aromatic heterocycles. The van der Waals surface area contributed by atoms with Crippen LogP contribution in [0.3, 0.4) is 0 Å². The lowest BCUT2D eigenvalue weighted by Crippen LogP contribution is -2.29. The molecule has 3 aromatic rings. The van der Waals surface area contributed by atoms with Crippen LogP contribution in [0.4, 0.5) is 0 Å². The number of rotatable bonds is 9. The number of aliphatic carboxylic acids is 1. The van der Waals surface area contributed by atoms with Crippen LogP contribution in [0.2, 0.25) is 0 Å². The van der Waals surface area contributed by atoms with Gasteiger partial charge in [0.05, 0.1) is 6.54 Å². The van der Waals surface area contributed by atoms with Crippen molar-refractivity contribution in [3.05, 3.63) is 88.8 Å². The minimum atomic E-state index is -3.71. The number of sulfonamides is 1. The largest absolute Gasteiger partial charge is 0.474 e. The molecule has 3 N–H and O–H groups in total. The number of carboxylic acids is 1. The van der Waals surface area contributed by atoms with Gasteiger partial charge < -0.3 is 10.4 Å². The van der Waals surface area contributed by atoms with Crippen LogP contribution >= 0.6 is 11.3 Å². The Kier molecular flexibility index (Phi) is 7.56. The zero-order valence-electron chi connectivity index (χ0n) is 16.5. The van der Waals surface area contributed by atoms with Gasteiger partial charge in [-0.15, -0.1) is 11.3 Å². The number of amides is 1. The van der Waals surface area contributed by atoms with Gasteiger partial charge in [0.25, 0.3) is 0 Å². The summed E-state index contributed by atoms with van der Waals surface area (Å²) < 4.78 is 28.1. The zero-order valence-corrected chi connectivity index (χ0v) is 18.2. The van der Waals surface area contributed by atoms with Crippen molar-refractivity contribution < 1.29 is 23.1 Å². The average molecular weight is 459 g/mol. The summed E-state index contributed by atoms with van der Waals surface area (Å²) in [6.07, 6.45) is 0.583. The normalized spacial score (nSPS) is 11.4. The molecule has 0 fully saturated rings. The summed E-state index contributed by atoms with van der Waals surface area (Å²) in [7, 11) is -3.71. The first-order chi connectivity index (χ1) is 14.9. The maximum absolute atomic E-state index is 12.7. The minimum absolute atomic E-state index is 0.0462. The van der Waals surface area contributed by atoms with Crippen LogP contribution in [0.25, 0.3) is 0 Å². The Labute approximate surface area is 184 Å². The van der Waals surface area contributed by atoms with Crippen molar-refractivity contribution in [3.8, 4) is 0 Å². The van der Waals surface area contributed by atoms with E-state index in [-0.39, 0.29) is 23.2 Å². The van der Waals surface area contributed by atoms with Gasteiger partial charge in [0, 0.05) is 17.3 Å². The molecule has 7 nitrogen and oxygen atoms in total. The maximum Gasteiger partial charge on any atom is 0.394 e. The molecule has 0 bridgehead atoms. The summed E-state index contributed by atoms with van der Waals surface area (Å²) >= 11 is 0.987. The highest BCUT2D eigenvalue weighted by molar-refractivity contribution is 7.91. The van der Waals surface area contributed by atoms with E-state index >= 15 is 0 Å². The lowest BCUT2D eigenvalue weighted by Gasteiger charge is -2.18. The van der Waals surface area contributed by atoms with Gasteiger partial charge in [-0.25, -0.2) is 17.9 Å². The number of carbonyl (C=O) groups is 2. The van der Waals surface area contributed by atoms with Crippen molar-refractivity contribution in [1.29, 1.82) is 0 Å². The molecule has 1 heterocycles. The highest BCUT2D eigenvalue weighted by Gasteiger charge is 2.19. The number of nitrogens with one attached hydrogen (secondary N) is 2. The number of hydrogen-bond acceptors (Lipinski definition) is 5. The van der Waals surface area contributed by atoms with Gasteiger partial charge in [0.1, 0.15) is 4.21 Å². The summed E-state index contributed by atoms with van der Waals surface area (Å²) in [5.74, 6) is -2.67. The lowest BCUT2D eigenvalue weighted by molar-refractivity contribution is -0.150. The molecule has 3 rings (SSSR count). The van der Waals surface area contributed by atoms with Crippen molar-refractivity contribution >= 4 is 33.2 Å². The summed E-state index contributed by atoms with van der Waals surface area (Å²) in [5, 5.41) is 10.8. The Morgan fingerprint density at radius 1 is 0.903 bits per heavy atom. The van der Waals surface area contributed by atoms with Crippen LogP contribution in [-0.4, -0.2) is 31.9 Å². The van der Waals surface area contributed by atoms with Crippen LogP contribution < -0.4 is 10.0 Å². The molecule has 0 unspecified atom stereocenters. The fraction of sp³-hybridized carbons (Fsp3) is 0.182. The highest BCUT2D eigenvalue weighted by atomic mass is 32.2. The van der Waals surface area contributed by atoms with Crippen molar-refractivity contribution in [2.24, 2.45) is 0 Å². The van der Waals surface area contributed by atoms with Gasteiger partial charge in [0.2, 0.25) is 10.0 Å². The van der Waals surface area contributed by atoms with Gasteiger partial charge in [-0.05, 0) is 29.7 Å². The lowest BCUT2D eigenvalue weighted by atomic mass is 9.89. The topological polar surface area (TPSA) is 113 Å². The van der Waals surface area contributed by atoms with Gasteiger partial charge >= 0.3 is 11.9 Å². The minimum Gasteiger partial charge on any atom is -0.474 e. The Bertz CT molecular complexity index is 1090. The predicted molar refractivity (Wildman–Crippen MR) is 118 cm³/mol.